The highest BCUT2D eigenvalue weighted by Crippen LogP contribution is 2.49. The molecule has 29 heavy (non-hydrogen) atoms. The summed E-state index contributed by atoms with van der Waals surface area (Å²) >= 11 is 0. The minimum Gasteiger partial charge on any atom is -0.349 e. The van der Waals surface area contributed by atoms with Crippen molar-refractivity contribution in [1.29, 1.82) is 0 Å². The summed E-state index contributed by atoms with van der Waals surface area (Å²) in [7, 11) is 0. The molecule has 3 heterocycles. The second kappa shape index (κ2) is 6.97. The zero-order chi connectivity index (χ0) is 20.1. The molecule has 3 aromatic rings. The van der Waals surface area contributed by atoms with Gasteiger partial charge in [-0.25, -0.2) is 9.50 Å². The third-order valence-corrected chi connectivity index (χ3v) is 7.12. The largest absolute Gasteiger partial charge is 0.349 e. The molecule has 0 unspecified atom stereocenters. The van der Waals surface area contributed by atoms with Crippen LogP contribution < -0.4 is 5.32 Å². The van der Waals surface area contributed by atoms with Crippen LogP contribution in [0.2, 0.25) is 0 Å². The van der Waals surface area contributed by atoms with Crippen molar-refractivity contribution in [2.75, 3.05) is 0 Å². The van der Waals surface area contributed by atoms with Crippen molar-refractivity contribution in [2.45, 2.75) is 59.0 Å². The van der Waals surface area contributed by atoms with Crippen molar-refractivity contribution in [2.24, 2.45) is 17.8 Å². The SMILES string of the molecule is CCn1ncc(-c2ccnc3c(C(=O)N[C@@H](C)[C@@H]4C[C@@H]5CC[C@@H]4C5)cnn23)c1C. The third kappa shape index (κ3) is 2.94. The average molecular weight is 393 g/mol. The highest BCUT2D eigenvalue weighted by Gasteiger charge is 2.42. The zero-order valence-corrected chi connectivity index (χ0v) is 17.3. The van der Waals surface area contributed by atoms with E-state index in [2.05, 4.69) is 34.3 Å². The molecule has 1 N–H and O–H groups in total. The Morgan fingerprint density at radius 1 is 1.28 bits per heavy atom. The Kier molecular flexibility index (Phi) is 4.41. The summed E-state index contributed by atoms with van der Waals surface area (Å²) in [5.74, 6) is 2.17. The van der Waals surface area contributed by atoms with E-state index < -0.39 is 0 Å². The lowest BCUT2D eigenvalue weighted by atomic mass is 9.84. The van der Waals surface area contributed by atoms with Crippen LogP contribution in [0, 0.1) is 24.7 Å². The summed E-state index contributed by atoms with van der Waals surface area (Å²) in [4.78, 5) is 17.5. The standard InChI is InChI=1S/C22H28N6O/c1-4-27-14(3)18(11-24-27)20-7-8-23-21-19(12-25-28(20)21)22(29)26-13(2)17-10-15-5-6-16(17)9-15/h7-8,11-13,15-17H,4-6,9-10H2,1-3H3,(H,26,29)/t13-,15+,16+,17-/m0/s1. The van der Waals surface area contributed by atoms with E-state index in [0.717, 1.165) is 35.3 Å². The van der Waals surface area contributed by atoms with Gasteiger partial charge in [-0.05, 0) is 63.9 Å². The predicted molar refractivity (Wildman–Crippen MR) is 110 cm³/mol. The van der Waals surface area contributed by atoms with Gasteiger partial charge in [-0.1, -0.05) is 6.42 Å². The summed E-state index contributed by atoms with van der Waals surface area (Å²) < 4.78 is 3.71. The Morgan fingerprint density at radius 3 is 2.83 bits per heavy atom. The minimum absolute atomic E-state index is 0.0825. The molecule has 2 saturated carbocycles. The van der Waals surface area contributed by atoms with Crippen LogP contribution in [0.1, 0.15) is 55.6 Å². The monoisotopic (exact) mass is 392 g/mol. The van der Waals surface area contributed by atoms with Gasteiger partial charge in [-0.2, -0.15) is 10.2 Å². The van der Waals surface area contributed by atoms with Gasteiger partial charge in [0, 0.05) is 30.0 Å². The van der Waals surface area contributed by atoms with Crippen LogP contribution in [0.15, 0.2) is 24.7 Å². The van der Waals surface area contributed by atoms with E-state index in [1.807, 2.05) is 23.9 Å². The van der Waals surface area contributed by atoms with Crippen LogP contribution in [0.4, 0.5) is 0 Å². The molecule has 5 rings (SSSR count). The normalized spacial score (nSPS) is 24.3. The Labute approximate surface area is 170 Å². The molecule has 0 spiro atoms. The number of aryl methyl sites for hydroxylation is 1. The molecule has 0 aromatic carbocycles. The number of nitrogens with one attached hydrogen (secondary N) is 1. The first-order chi connectivity index (χ1) is 14.1. The second-order valence-electron chi connectivity index (χ2n) is 8.68. The van der Waals surface area contributed by atoms with Gasteiger partial charge in [0.25, 0.3) is 5.91 Å². The Balaban J connectivity index is 1.42. The van der Waals surface area contributed by atoms with Crippen molar-refractivity contribution in [1.82, 2.24) is 29.7 Å². The molecule has 0 aliphatic heterocycles. The number of fused-ring (bicyclic) bond motifs is 3. The maximum atomic E-state index is 13.0. The van der Waals surface area contributed by atoms with Gasteiger partial charge in [0.2, 0.25) is 0 Å². The third-order valence-electron chi connectivity index (χ3n) is 7.12. The predicted octanol–water partition coefficient (Wildman–Crippen LogP) is 3.48. The fourth-order valence-electron chi connectivity index (χ4n) is 5.57. The highest BCUT2D eigenvalue weighted by molar-refractivity contribution is 6.00. The van der Waals surface area contributed by atoms with Gasteiger partial charge in [-0.3, -0.25) is 9.48 Å². The van der Waals surface area contributed by atoms with E-state index in [1.54, 1.807) is 16.9 Å². The second-order valence-corrected chi connectivity index (χ2v) is 8.68. The van der Waals surface area contributed by atoms with Gasteiger partial charge in [0.05, 0.1) is 18.1 Å². The number of hydrogen-bond donors (Lipinski definition) is 1. The quantitative estimate of drug-likeness (QED) is 0.721. The molecule has 2 bridgehead atoms. The molecular weight excluding hydrogens is 364 g/mol. The Hall–Kier alpha value is -2.70. The first kappa shape index (κ1) is 18.3. The minimum atomic E-state index is -0.0825. The Morgan fingerprint density at radius 2 is 2.14 bits per heavy atom. The molecule has 1 amide bonds. The van der Waals surface area contributed by atoms with Crippen molar-refractivity contribution < 1.29 is 4.79 Å². The van der Waals surface area contributed by atoms with E-state index in [-0.39, 0.29) is 11.9 Å². The number of amides is 1. The number of rotatable bonds is 5. The van der Waals surface area contributed by atoms with Crippen molar-refractivity contribution in [3.05, 3.63) is 35.9 Å². The highest BCUT2D eigenvalue weighted by atomic mass is 16.1. The first-order valence-corrected chi connectivity index (χ1v) is 10.7. The summed E-state index contributed by atoms with van der Waals surface area (Å²) in [6, 6.07) is 2.10. The van der Waals surface area contributed by atoms with Crippen molar-refractivity contribution in [3.8, 4) is 11.3 Å². The number of nitrogens with zero attached hydrogens (tertiary/aromatic N) is 5. The molecule has 4 atom stereocenters. The summed E-state index contributed by atoms with van der Waals surface area (Å²) in [5.41, 5.74) is 4.09. The molecule has 7 heteroatoms. The van der Waals surface area contributed by atoms with E-state index in [0.29, 0.717) is 17.1 Å². The number of aromatic nitrogens is 5. The number of hydrogen-bond acceptors (Lipinski definition) is 4. The van der Waals surface area contributed by atoms with Crippen LogP contribution in [-0.4, -0.2) is 36.3 Å². The van der Waals surface area contributed by atoms with E-state index in [4.69, 9.17) is 0 Å². The van der Waals surface area contributed by atoms with Crippen molar-refractivity contribution >= 4 is 11.6 Å². The molecule has 152 valence electrons. The molecule has 0 radical (unpaired) electrons. The van der Waals surface area contributed by atoms with Gasteiger partial charge in [0.15, 0.2) is 5.65 Å². The summed E-state index contributed by atoms with van der Waals surface area (Å²) in [6.07, 6.45) is 10.5. The molecule has 3 aromatic heterocycles. The van der Waals surface area contributed by atoms with Crippen LogP contribution in [0.3, 0.4) is 0 Å². The average Bonchev–Trinajstić information content (AvgIpc) is 3.50. The molecule has 0 saturated heterocycles. The topological polar surface area (TPSA) is 77.1 Å². The van der Waals surface area contributed by atoms with Crippen LogP contribution in [0.5, 0.6) is 0 Å². The maximum absolute atomic E-state index is 13.0. The van der Waals surface area contributed by atoms with Crippen LogP contribution >= 0.6 is 0 Å². The van der Waals surface area contributed by atoms with Crippen molar-refractivity contribution in [3.63, 3.8) is 0 Å². The smallest absolute Gasteiger partial charge is 0.256 e. The number of carbonyl (C=O) groups is 1. The van der Waals surface area contributed by atoms with Gasteiger partial charge < -0.3 is 5.32 Å². The van der Waals surface area contributed by atoms with Gasteiger partial charge >= 0.3 is 0 Å². The van der Waals surface area contributed by atoms with E-state index >= 15 is 0 Å². The molecular formula is C22H28N6O. The summed E-state index contributed by atoms with van der Waals surface area (Å²) in [5, 5.41) is 12.2. The lowest BCUT2D eigenvalue weighted by Gasteiger charge is -2.28. The molecule has 2 aliphatic rings. The van der Waals surface area contributed by atoms with Crippen LogP contribution in [-0.2, 0) is 6.54 Å². The van der Waals surface area contributed by atoms with Gasteiger partial charge in [-0.15, -0.1) is 0 Å². The van der Waals surface area contributed by atoms with Gasteiger partial charge in [0.1, 0.15) is 5.56 Å². The van der Waals surface area contributed by atoms with Crippen LogP contribution in [0.25, 0.3) is 16.9 Å². The molecule has 7 nitrogen and oxygen atoms in total. The first-order valence-electron chi connectivity index (χ1n) is 10.7. The maximum Gasteiger partial charge on any atom is 0.256 e. The fourth-order valence-corrected chi connectivity index (χ4v) is 5.57. The Bertz CT molecular complexity index is 1070. The molecule has 2 fully saturated rings. The van der Waals surface area contributed by atoms with E-state index in [9.17, 15) is 4.79 Å². The zero-order valence-electron chi connectivity index (χ0n) is 17.3. The number of carbonyl (C=O) groups excluding carboxylic acids is 1. The fraction of sp³-hybridized carbons (Fsp3) is 0.545. The lowest BCUT2D eigenvalue weighted by molar-refractivity contribution is 0.0917. The lowest BCUT2D eigenvalue weighted by Crippen LogP contribution is -2.40. The van der Waals surface area contributed by atoms with E-state index in [1.165, 1.54) is 25.7 Å². The molecule has 2 aliphatic carbocycles. The summed E-state index contributed by atoms with van der Waals surface area (Å²) in [6.45, 7) is 7.08.